The number of hydrogen-bond acceptors (Lipinski definition) is 3. The first-order valence-electron chi connectivity index (χ1n) is 6.07. The minimum Gasteiger partial charge on any atom is -0.395 e. The van der Waals surface area contributed by atoms with E-state index in [1.54, 1.807) is 31.3 Å². The summed E-state index contributed by atoms with van der Waals surface area (Å²) in [5.41, 5.74) is 0.736. The zero-order valence-electron chi connectivity index (χ0n) is 11.4. The van der Waals surface area contributed by atoms with Gasteiger partial charge in [-0.25, -0.2) is 8.42 Å². The second kappa shape index (κ2) is 6.71. The fourth-order valence-electron chi connectivity index (χ4n) is 1.37. The first-order valence-corrected chi connectivity index (χ1v) is 7.51. The summed E-state index contributed by atoms with van der Waals surface area (Å²) in [6.07, 6.45) is 0.413. The quantitative estimate of drug-likeness (QED) is 0.850. The topological polar surface area (TPSA) is 57.6 Å². The van der Waals surface area contributed by atoms with Gasteiger partial charge in [-0.1, -0.05) is 11.8 Å². The van der Waals surface area contributed by atoms with Crippen molar-refractivity contribution in [2.45, 2.75) is 31.2 Å². The molecule has 0 radical (unpaired) electrons. The van der Waals surface area contributed by atoms with Crippen molar-refractivity contribution in [2.75, 3.05) is 13.7 Å². The lowest BCUT2D eigenvalue weighted by molar-refractivity contribution is 0.305. The molecule has 19 heavy (non-hydrogen) atoms. The standard InChI is InChI=1S/C14H19NO3S/c1-12(2)15(3)19(17,18)14-9-7-13(8-10-14)6-4-5-11-16/h7-10,12,16H,5,11H2,1-3H3. The Morgan fingerprint density at radius 2 is 1.84 bits per heavy atom. The summed E-state index contributed by atoms with van der Waals surface area (Å²) in [5, 5.41) is 8.62. The summed E-state index contributed by atoms with van der Waals surface area (Å²) in [7, 11) is -1.87. The number of hydrogen-bond donors (Lipinski definition) is 1. The SMILES string of the molecule is CC(C)N(C)S(=O)(=O)c1ccc(C#CCCO)cc1. The molecule has 1 N–H and O–H groups in total. The fourth-order valence-corrected chi connectivity index (χ4v) is 2.74. The highest BCUT2D eigenvalue weighted by atomic mass is 32.2. The van der Waals surface area contributed by atoms with Crippen molar-refractivity contribution in [3.05, 3.63) is 29.8 Å². The minimum atomic E-state index is -3.44. The van der Waals surface area contributed by atoms with Crippen molar-refractivity contribution >= 4 is 10.0 Å². The maximum Gasteiger partial charge on any atom is 0.243 e. The minimum absolute atomic E-state index is 0.0264. The Balaban J connectivity index is 2.97. The van der Waals surface area contributed by atoms with Crippen molar-refractivity contribution in [2.24, 2.45) is 0 Å². The van der Waals surface area contributed by atoms with Gasteiger partial charge in [-0.2, -0.15) is 4.31 Å². The van der Waals surface area contributed by atoms with Crippen molar-refractivity contribution in [1.82, 2.24) is 4.31 Å². The molecule has 5 heteroatoms. The molecule has 0 fully saturated rings. The second-order valence-electron chi connectivity index (χ2n) is 4.41. The molecule has 0 aliphatic rings. The van der Waals surface area contributed by atoms with Crippen LogP contribution in [0.2, 0.25) is 0 Å². The third-order valence-corrected chi connectivity index (χ3v) is 4.78. The number of benzene rings is 1. The predicted octanol–water partition coefficient (Wildman–Crippen LogP) is 1.45. The fraction of sp³-hybridized carbons (Fsp3) is 0.429. The average Bonchev–Trinajstić information content (AvgIpc) is 2.38. The van der Waals surface area contributed by atoms with Crippen molar-refractivity contribution in [1.29, 1.82) is 0 Å². The lowest BCUT2D eigenvalue weighted by Gasteiger charge is -2.20. The van der Waals surface area contributed by atoms with Gasteiger partial charge in [0, 0.05) is 25.1 Å². The Hall–Kier alpha value is -1.35. The smallest absolute Gasteiger partial charge is 0.243 e. The van der Waals surface area contributed by atoms with Gasteiger partial charge in [-0.05, 0) is 38.1 Å². The molecule has 0 saturated heterocycles. The van der Waals surface area contributed by atoms with Crippen LogP contribution in [0, 0.1) is 11.8 Å². The van der Waals surface area contributed by atoms with E-state index in [1.165, 1.54) is 4.31 Å². The predicted molar refractivity (Wildman–Crippen MR) is 75.1 cm³/mol. The van der Waals surface area contributed by atoms with Crippen LogP contribution >= 0.6 is 0 Å². The van der Waals surface area contributed by atoms with Gasteiger partial charge < -0.3 is 5.11 Å². The molecule has 1 rings (SSSR count). The molecule has 0 unspecified atom stereocenters. The van der Waals surface area contributed by atoms with Crippen LogP contribution in [0.5, 0.6) is 0 Å². The van der Waals surface area contributed by atoms with Gasteiger partial charge in [-0.3, -0.25) is 0 Å². The highest BCUT2D eigenvalue weighted by Crippen LogP contribution is 2.16. The normalized spacial score (nSPS) is 11.5. The van der Waals surface area contributed by atoms with E-state index in [9.17, 15) is 8.42 Å². The number of rotatable bonds is 4. The van der Waals surface area contributed by atoms with Gasteiger partial charge in [0.1, 0.15) is 0 Å². The summed E-state index contributed by atoms with van der Waals surface area (Å²) in [5.74, 6) is 5.65. The molecule has 0 saturated carbocycles. The number of aliphatic hydroxyl groups is 1. The first kappa shape index (κ1) is 15.7. The van der Waals surface area contributed by atoms with Crippen LogP contribution in [-0.2, 0) is 10.0 Å². The Bertz CT molecular complexity index is 565. The molecule has 0 aliphatic carbocycles. The lowest BCUT2D eigenvalue weighted by atomic mass is 10.2. The highest BCUT2D eigenvalue weighted by molar-refractivity contribution is 7.89. The molecule has 4 nitrogen and oxygen atoms in total. The molecular formula is C14H19NO3S. The number of aliphatic hydroxyl groups excluding tert-OH is 1. The van der Waals surface area contributed by atoms with E-state index in [0.29, 0.717) is 6.42 Å². The highest BCUT2D eigenvalue weighted by Gasteiger charge is 2.22. The van der Waals surface area contributed by atoms with Crippen LogP contribution in [-0.4, -0.2) is 37.5 Å². The Labute approximate surface area is 115 Å². The molecule has 0 aliphatic heterocycles. The van der Waals surface area contributed by atoms with Crippen LogP contribution < -0.4 is 0 Å². The third kappa shape index (κ3) is 4.06. The second-order valence-corrected chi connectivity index (χ2v) is 6.41. The van der Waals surface area contributed by atoms with Gasteiger partial charge in [-0.15, -0.1) is 0 Å². The maximum atomic E-state index is 12.2. The van der Waals surface area contributed by atoms with E-state index >= 15 is 0 Å². The van der Waals surface area contributed by atoms with Crippen LogP contribution in [0.4, 0.5) is 0 Å². The molecule has 104 valence electrons. The van der Waals surface area contributed by atoms with E-state index in [4.69, 9.17) is 5.11 Å². The largest absolute Gasteiger partial charge is 0.395 e. The Morgan fingerprint density at radius 3 is 2.32 bits per heavy atom. The summed E-state index contributed by atoms with van der Waals surface area (Å²) in [4.78, 5) is 0.261. The van der Waals surface area contributed by atoms with Crippen LogP contribution in [0.3, 0.4) is 0 Å². The Morgan fingerprint density at radius 1 is 1.26 bits per heavy atom. The maximum absolute atomic E-state index is 12.2. The van der Waals surface area contributed by atoms with Gasteiger partial charge >= 0.3 is 0 Å². The zero-order valence-corrected chi connectivity index (χ0v) is 12.2. The molecule has 1 aromatic rings. The molecular weight excluding hydrogens is 262 g/mol. The van der Waals surface area contributed by atoms with Gasteiger partial charge in [0.25, 0.3) is 0 Å². The average molecular weight is 281 g/mol. The van der Waals surface area contributed by atoms with Crippen LogP contribution in [0.15, 0.2) is 29.2 Å². The van der Waals surface area contributed by atoms with Crippen LogP contribution in [0.25, 0.3) is 0 Å². The van der Waals surface area contributed by atoms with Gasteiger partial charge in [0.15, 0.2) is 0 Å². The third-order valence-electron chi connectivity index (χ3n) is 2.73. The molecule has 0 amide bonds. The zero-order chi connectivity index (χ0) is 14.5. The molecule has 0 heterocycles. The van der Waals surface area contributed by atoms with Gasteiger partial charge in [0.05, 0.1) is 11.5 Å². The van der Waals surface area contributed by atoms with Gasteiger partial charge in [0.2, 0.25) is 10.0 Å². The first-order chi connectivity index (χ1) is 8.89. The summed E-state index contributed by atoms with van der Waals surface area (Å²) >= 11 is 0. The van der Waals surface area contributed by atoms with E-state index < -0.39 is 10.0 Å². The van der Waals surface area contributed by atoms with E-state index in [2.05, 4.69) is 11.8 Å². The number of sulfonamides is 1. The van der Waals surface area contributed by atoms with E-state index in [-0.39, 0.29) is 17.5 Å². The Kier molecular flexibility index (Phi) is 5.55. The summed E-state index contributed by atoms with van der Waals surface area (Å²) < 4.78 is 25.7. The van der Waals surface area contributed by atoms with Crippen molar-refractivity contribution in [3.63, 3.8) is 0 Å². The van der Waals surface area contributed by atoms with Crippen LogP contribution in [0.1, 0.15) is 25.8 Å². The monoisotopic (exact) mass is 281 g/mol. The molecule has 0 atom stereocenters. The molecule has 0 aromatic heterocycles. The summed E-state index contributed by atoms with van der Waals surface area (Å²) in [6.45, 7) is 3.68. The molecule has 0 spiro atoms. The van der Waals surface area contributed by atoms with E-state index in [1.807, 2.05) is 13.8 Å². The molecule has 0 bridgehead atoms. The number of nitrogens with zero attached hydrogens (tertiary/aromatic N) is 1. The lowest BCUT2D eigenvalue weighted by Crippen LogP contribution is -2.32. The summed E-state index contributed by atoms with van der Waals surface area (Å²) in [6, 6.07) is 6.36. The van der Waals surface area contributed by atoms with Crippen molar-refractivity contribution < 1.29 is 13.5 Å². The van der Waals surface area contributed by atoms with Crippen molar-refractivity contribution in [3.8, 4) is 11.8 Å². The molecule has 1 aromatic carbocycles. The van der Waals surface area contributed by atoms with E-state index in [0.717, 1.165) is 5.56 Å².